The molecule has 3 nitrogen and oxygen atoms in total. The van der Waals surface area contributed by atoms with Crippen LogP contribution in [0.5, 0.6) is 0 Å². The quantitative estimate of drug-likeness (QED) is 0.911. The highest BCUT2D eigenvalue weighted by Crippen LogP contribution is 2.20. The van der Waals surface area contributed by atoms with Gasteiger partial charge in [-0.1, -0.05) is 15.9 Å². The van der Waals surface area contributed by atoms with E-state index in [0.717, 1.165) is 6.42 Å². The second kappa shape index (κ2) is 4.74. The molecule has 1 aliphatic rings. The number of amides is 1. The van der Waals surface area contributed by atoms with Crippen molar-refractivity contribution in [3.8, 4) is 0 Å². The van der Waals surface area contributed by atoms with E-state index >= 15 is 0 Å². The summed E-state index contributed by atoms with van der Waals surface area (Å²) in [5, 5.41) is 2.81. The zero-order chi connectivity index (χ0) is 12.5. The third kappa shape index (κ3) is 2.84. The number of nitrogens with one attached hydrogen (secondary N) is 1. The molecule has 17 heavy (non-hydrogen) atoms. The zero-order valence-corrected chi connectivity index (χ0v) is 11.0. The minimum atomic E-state index is -0.528. The van der Waals surface area contributed by atoms with Crippen LogP contribution in [-0.2, 0) is 4.74 Å². The van der Waals surface area contributed by atoms with E-state index in [1.54, 1.807) is 6.07 Å². The summed E-state index contributed by atoms with van der Waals surface area (Å²) in [5.41, 5.74) is -0.335. The molecule has 0 aliphatic carbocycles. The Morgan fingerprint density at radius 2 is 2.35 bits per heavy atom. The van der Waals surface area contributed by atoms with Gasteiger partial charge in [0.1, 0.15) is 5.82 Å². The molecule has 1 fully saturated rings. The first-order chi connectivity index (χ1) is 8.00. The Kier molecular flexibility index (Phi) is 3.49. The van der Waals surface area contributed by atoms with Gasteiger partial charge >= 0.3 is 0 Å². The molecule has 1 amide bonds. The third-order valence-corrected chi connectivity index (χ3v) is 3.30. The van der Waals surface area contributed by atoms with Crippen LogP contribution in [0.25, 0.3) is 0 Å². The maximum absolute atomic E-state index is 13.6. The van der Waals surface area contributed by atoms with E-state index in [0.29, 0.717) is 17.7 Å². The summed E-state index contributed by atoms with van der Waals surface area (Å²) in [6.07, 6.45) is 0.747. The molecule has 1 aromatic carbocycles. The molecular weight excluding hydrogens is 289 g/mol. The first-order valence-electron chi connectivity index (χ1n) is 5.35. The van der Waals surface area contributed by atoms with Gasteiger partial charge < -0.3 is 10.1 Å². The summed E-state index contributed by atoms with van der Waals surface area (Å²) in [6.45, 7) is 2.99. The molecule has 1 heterocycles. The molecular formula is C12H13BrFNO2. The standard InChI is InChI=1S/C12H13BrFNO2/c1-12(4-5-17-7-12)15-11(16)9-3-2-8(13)6-10(9)14/h2-3,6H,4-5,7H2,1H3,(H,15,16). The molecule has 1 atom stereocenters. The summed E-state index contributed by atoms with van der Waals surface area (Å²) in [6, 6.07) is 4.39. The van der Waals surface area contributed by atoms with Crippen LogP contribution in [0.2, 0.25) is 0 Å². The largest absolute Gasteiger partial charge is 0.379 e. The lowest BCUT2D eigenvalue weighted by Gasteiger charge is -2.23. The van der Waals surface area contributed by atoms with Crippen molar-refractivity contribution < 1.29 is 13.9 Å². The van der Waals surface area contributed by atoms with Crippen molar-refractivity contribution in [3.63, 3.8) is 0 Å². The predicted molar refractivity (Wildman–Crippen MR) is 65.4 cm³/mol. The zero-order valence-electron chi connectivity index (χ0n) is 9.43. The Bertz CT molecular complexity index is 444. The molecule has 0 bridgehead atoms. The van der Waals surface area contributed by atoms with Gasteiger partial charge in [0.05, 0.1) is 17.7 Å². The maximum Gasteiger partial charge on any atom is 0.254 e. The van der Waals surface area contributed by atoms with Crippen LogP contribution in [0.15, 0.2) is 22.7 Å². The Labute approximate surface area is 107 Å². The van der Waals surface area contributed by atoms with Gasteiger partial charge in [-0.05, 0) is 31.5 Å². The number of benzene rings is 1. The minimum Gasteiger partial charge on any atom is -0.379 e. The Morgan fingerprint density at radius 1 is 1.59 bits per heavy atom. The van der Waals surface area contributed by atoms with E-state index < -0.39 is 17.3 Å². The first-order valence-corrected chi connectivity index (χ1v) is 6.15. The van der Waals surface area contributed by atoms with E-state index in [1.165, 1.54) is 12.1 Å². The smallest absolute Gasteiger partial charge is 0.254 e. The highest BCUT2D eigenvalue weighted by Gasteiger charge is 2.32. The van der Waals surface area contributed by atoms with Gasteiger partial charge in [0.15, 0.2) is 0 Å². The molecule has 0 aromatic heterocycles. The van der Waals surface area contributed by atoms with Crippen LogP contribution in [0.4, 0.5) is 4.39 Å². The van der Waals surface area contributed by atoms with Gasteiger partial charge in [0.25, 0.3) is 5.91 Å². The summed E-state index contributed by atoms with van der Waals surface area (Å²) in [4.78, 5) is 11.9. The minimum absolute atomic E-state index is 0.0568. The normalized spacial score (nSPS) is 23.7. The van der Waals surface area contributed by atoms with Crippen LogP contribution in [0.1, 0.15) is 23.7 Å². The lowest BCUT2D eigenvalue weighted by atomic mass is 10.0. The average molecular weight is 302 g/mol. The molecule has 2 rings (SSSR count). The van der Waals surface area contributed by atoms with Crippen LogP contribution in [-0.4, -0.2) is 24.7 Å². The van der Waals surface area contributed by atoms with Crippen LogP contribution in [0, 0.1) is 5.82 Å². The van der Waals surface area contributed by atoms with Crippen molar-refractivity contribution in [2.75, 3.05) is 13.2 Å². The summed E-state index contributed by atoms with van der Waals surface area (Å²) in [7, 11) is 0. The Morgan fingerprint density at radius 3 is 2.94 bits per heavy atom. The van der Waals surface area contributed by atoms with E-state index in [-0.39, 0.29) is 5.56 Å². The molecule has 1 unspecified atom stereocenters. The highest BCUT2D eigenvalue weighted by molar-refractivity contribution is 9.10. The van der Waals surface area contributed by atoms with E-state index in [1.807, 2.05) is 6.92 Å². The number of halogens is 2. The number of rotatable bonds is 2. The van der Waals surface area contributed by atoms with Crippen molar-refractivity contribution in [2.45, 2.75) is 18.9 Å². The van der Waals surface area contributed by atoms with E-state index in [4.69, 9.17) is 4.74 Å². The maximum atomic E-state index is 13.6. The first kappa shape index (κ1) is 12.5. The summed E-state index contributed by atoms with van der Waals surface area (Å²) < 4.78 is 19.4. The van der Waals surface area contributed by atoms with Crippen LogP contribution in [0.3, 0.4) is 0 Å². The van der Waals surface area contributed by atoms with Gasteiger partial charge in [-0.3, -0.25) is 4.79 Å². The van der Waals surface area contributed by atoms with Gasteiger partial charge in [0, 0.05) is 11.1 Å². The van der Waals surface area contributed by atoms with Crippen LogP contribution < -0.4 is 5.32 Å². The molecule has 0 saturated carbocycles. The second-order valence-electron chi connectivity index (χ2n) is 4.44. The van der Waals surface area contributed by atoms with Gasteiger partial charge in [0.2, 0.25) is 0 Å². The molecule has 1 aromatic rings. The van der Waals surface area contributed by atoms with Crippen molar-refractivity contribution >= 4 is 21.8 Å². The molecule has 1 N–H and O–H groups in total. The Hall–Kier alpha value is -0.940. The van der Waals surface area contributed by atoms with E-state index in [9.17, 15) is 9.18 Å². The highest BCUT2D eigenvalue weighted by atomic mass is 79.9. The number of carbonyl (C=O) groups excluding carboxylic acids is 1. The number of hydrogen-bond donors (Lipinski definition) is 1. The lowest BCUT2D eigenvalue weighted by molar-refractivity contribution is 0.0885. The predicted octanol–water partition coefficient (Wildman–Crippen LogP) is 2.50. The SMILES string of the molecule is CC1(NC(=O)c2ccc(Br)cc2F)CCOC1. The van der Waals surface area contributed by atoms with Crippen LogP contribution >= 0.6 is 15.9 Å². The monoisotopic (exact) mass is 301 g/mol. The molecule has 0 radical (unpaired) electrons. The van der Waals surface area contributed by atoms with Crippen molar-refractivity contribution in [1.29, 1.82) is 0 Å². The third-order valence-electron chi connectivity index (χ3n) is 2.81. The lowest BCUT2D eigenvalue weighted by Crippen LogP contribution is -2.46. The fourth-order valence-corrected chi connectivity index (χ4v) is 2.11. The average Bonchev–Trinajstić information content (AvgIpc) is 2.64. The number of ether oxygens (including phenoxy) is 1. The van der Waals surface area contributed by atoms with Crippen molar-refractivity contribution in [2.24, 2.45) is 0 Å². The summed E-state index contributed by atoms with van der Waals surface area (Å²) in [5.74, 6) is -0.928. The topological polar surface area (TPSA) is 38.3 Å². The molecule has 1 saturated heterocycles. The molecule has 1 aliphatic heterocycles. The van der Waals surface area contributed by atoms with Gasteiger partial charge in [-0.2, -0.15) is 0 Å². The fourth-order valence-electron chi connectivity index (χ4n) is 1.78. The van der Waals surface area contributed by atoms with Crippen molar-refractivity contribution in [3.05, 3.63) is 34.1 Å². The molecule has 0 spiro atoms. The number of hydrogen-bond acceptors (Lipinski definition) is 2. The van der Waals surface area contributed by atoms with E-state index in [2.05, 4.69) is 21.2 Å². The fraction of sp³-hybridized carbons (Fsp3) is 0.417. The van der Waals surface area contributed by atoms with Gasteiger partial charge in [-0.25, -0.2) is 4.39 Å². The van der Waals surface area contributed by atoms with Crippen molar-refractivity contribution in [1.82, 2.24) is 5.32 Å². The Balaban J connectivity index is 2.14. The molecule has 92 valence electrons. The second-order valence-corrected chi connectivity index (χ2v) is 5.36. The summed E-state index contributed by atoms with van der Waals surface area (Å²) >= 11 is 3.15. The van der Waals surface area contributed by atoms with Gasteiger partial charge in [-0.15, -0.1) is 0 Å². The molecule has 5 heteroatoms. The number of carbonyl (C=O) groups is 1.